The van der Waals surface area contributed by atoms with Gasteiger partial charge in [0.1, 0.15) is 5.82 Å². The number of thioether (sulfide) groups is 1. The third kappa shape index (κ3) is 3.99. The van der Waals surface area contributed by atoms with E-state index >= 15 is 0 Å². The van der Waals surface area contributed by atoms with Crippen molar-refractivity contribution in [2.75, 3.05) is 5.75 Å². The first kappa shape index (κ1) is 13.3. The Morgan fingerprint density at radius 1 is 1.56 bits per heavy atom. The van der Waals surface area contributed by atoms with Crippen LogP contribution < -0.4 is 0 Å². The lowest BCUT2D eigenvalue weighted by Crippen LogP contribution is -1.86. The Morgan fingerprint density at radius 3 is 2.88 bits per heavy atom. The van der Waals surface area contributed by atoms with Gasteiger partial charge in [0.25, 0.3) is 0 Å². The van der Waals surface area contributed by atoms with Gasteiger partial charge in [-0.1, -0.05) is 35.5 Å². The molecule has 86 valence electrons. The Hall–Kier alpha value is -0.800. The summed E-state index contributed by atoms with van der Waals surface area (Å²) in [6.07, 6.45) is 3.38. The van der Waals surface area contributed by atoms with Crippen LogP contribution in [0.4, 0.5) is 4.39 Å². The summed E-state index contributed by atoms with van der Waals surface area (Å²) in [4.78, 5) is 10.7. The Kier molecular flexibility index (Phi) is 5.03. The van der Waals surface area contributed by atoms with E-state index in [2.05, 4.69) is 0 Å². The smallest absolute Gasteiger partial charge is 0.186 e. The highest BCUT2D eigenvalue weighted by Gasteiger charge is 2.03. The molecule has 0 bridgehead atoms. The summed E-state index contributed by atoms with van der Waals surface area (Å²) >= 11 is 7.07. The summed E-state index contributed by atoms with van der Waals surface area (Å²) < 4.78 is 13.4. The molecule has 4 heteroatoms. The Labute approximate surface area is 104 Å². The van der Waals surface area contributed by atoms with Crippen molar-refractivity contribution in [1.82, 2.24) is 0 Å². The molecule has 1 nitrogen and oxygen atoms in total. The average Bonchev–Trinajstić information content (AvgIpc) is 2.19. The van der Waals surface area contributed by atoms with Crippen molar-refractivity contribution >= 4 is 34.6 Å². The minimum Gasteiger partial charge on any atom is -0.288 e. The first-order valence-corrected chi connectivity index (χ1v) is 6.12. The van der Waals surface area contributed by atoms with Gasteiger partial charge >= 0.3 is 0 Å². The summed E-state index contributed by atoms with van der Waals surface area (Å²) in [6, 6.07) is 2.99. The second-order valence-electron chi connectivity index (χ2n) is 3.33. The van der Waals surface area contributed by atoms with Crippen molar-refractivity contribution in [1.29, 1.82) is 0 Å². The van der Waals surface area contributed by atoms with Crippen LogP contribution in [0, 0.1) is 12.7 Å². The quantitative estimate of drug-likeness (QED) is 0.813. The van der Waals surface area contributed by atoms with Crippen LogP contribution in [-0.4, -0.2) is 10.9 Å². The highest BCUT2D eigenvalue weighted by molar-refractivity contribution is 8.13. The van der Waals surface area contributed by atoms with Crippen LogP contribution in [0.5, 0.6) is 0 Å². The second-order valence-corrected chi connectivity index (χ2v) is 4.93. The molecule has 0 aliphatic rings. The van der Waals surface area contributed by atoms with Crippen LogP contribution in [0.3, 0.4) is 0 Å². The lowest BCUT2D eigenvalue weighted by atomic mass is 10.1. The van der Waals surface area contributed by atoms with Gasteiger partial charge in [0.05, 0.1) is 0 Å². The predicted molar refractivity (Wildman–Crippen MR) is 68.3 cm³/mol. The highest BCUT2D eigenvalue weighted by atomic mass is 35.5. The summed E-state index contributed by atoms with van der Waals surface area (Å²) in [7, 11) is 0. The number of aryl methyl sites for hydroxylation is 1. The fourth-order valence-electron chi connectivity index (χ4n) is 1.13. The summed E-state index contributed by atoms with van der Waals surface area (Å²) in [6.45, 7) is 3.26. The molecule has 1 aromatic rings. The lowest BCUT2D eigenvalue weighted by molar-refractivity contribution is -0.109. The summed E-state index contributed by atoms with van der Waals surface area (Å²) in [5.41, 5.74) is 1.16. The van der Waals surface area contributed by atoms with E-state index in [1.165, 1.54) is 24.8 Å². The molecule has 0 radical (unpaired) electrons. The van der Waals surface area contributed by atoms with E-state index in [0.717, 1.165) is 5.56 Å². The zero-order valence-corrected chi connectivity index (χ0v) is 10.7. The van der Waals surface area contributed by atoms with Gasteiger partial charge in [-0.05, 0) is 24.6 Å². The molecule has 0 spiro atoms. The van der Waals surface area contributed by atoms with Crippen LogP contribution in [-0.2, 0) is 4.79 Å². The van der Waals surface area contributed by atoms with E-state index in [9.17, 15) is 9.18 Å². The van der Waals surface area contributed by atoms with Gasteiger partial charge in [0.2, 0.25) is 0 Å². The molecule has 0 atom stereocenters. The number of hydrogen-bond acceptors (Lipinski definition) is 2. The maximum atomic E-state index is 13.4. The van der Waals surface area contributed by atoms with Crippen molar-refractivity contribution in [3.8, 4) is 0 Å². The third-order valence-electron chi connectivity index (χ3n) is 1.96. The van der Waals surface area contributed by atoms with Gasteiger partial charge in [-0.15, -0.1) is 0 Å². The van der Waals surface area contributed by atoms with E-state index in [4.69, 9.17) is 11.6 Å². The molecule has 0 amide bonds. The first-order valence-electron chi connectivity index (χ1n) is 4.76. The monoisotopic (exact) mass is 258 g/mol. The van der Waals surface area contributed by atoms with Crippen molar-refractivity contribution < 1.29 is 9.18 Å². The number of carbonyl (C=O) groups is 1. The van der Waals surface area contributed by atoms with E-state index in [0.29, 0.717) is 16.3 Å². The third-order valence-corrected chi connectivity index (χ3v) is 3.13. The van der Waals surface area contributed by atoms with Crippen LogP contribution in [0.25, 0.3) is 6.08 Å². The van der Waals surface area contributed by atoms with Gasteiger partial charge in [0, 0.05) is 23.3 Å². The van der Waals surface area contributed by atoms with Gasteiger partial charge in [-0.2, -0.15) is 0 Å². The maximum Gasteiger partial charge on any atom is 0.186 e. The molecule has 0 N–H and O–H groups in total. The Balaban J connectivity index is 2.73. The van der Waals surface area contributed by atoms with Crippen LogP contribution in [0.2, 0.25) is 5.02 Å². The summed E-state index contributed by atoms with van der Waals surface area (Å²) in [5.74, 6) is 0.242. The lowest BCUT2D eigenvalue weighted by Gasteiger charge is -2.01. The molecule has 0 fully saturated rings. The molecule has 1 rings (SSSR count). The normalized spacial score (nSPS) is 11.0. The molecule has 0 saturated carbocycles. The molecule has 0 unspecified atom stereocenters. The van der Waals surface area contributed by atoms with Gasteiger partial charge in [0.15, 0.2) is 5.12 Å². The van der Waals surface area contributed by atoms with Gasteiger partial charge in [-0.3, -0.25) is 4.79 Å². The minimum atomic E-state index is -0.300. The van der Waals surface area contributed by atoms with Crippen molar-refractivity contribution in [2.45, 2.75) is 13.8 Å². The highest BCUT2D eigenvalue weighted by Crippen LogP contribution is 2.21. The molecule has 0 saturated heterocycles. The van der Waals surface area contributed by atoms with Gasteiger partial charge in [-0.25, -0.2) is 4.39 Å². The largest absolute Gasteiger partial charge is 0.288 e. The number of rotatable bonds is 3. The molecule has 0 aliphatic carbocycles. The van der Waals surface area contributed by atoms with Crippen molar-refractivity contribution in [3.63, 3.8) is 0 Å². The summed E-state index contributed by atoms with van der Waals surface area (Å²) in [5, 5.41) is 0.590. The van der Waals surface area contributed by atoms with Crippen molar-refractivity contribution in [2.24, 2.45) is 0 Å². The number of hydrogen-bond donors (Lipinski definition) is 0. The van der Waals surface area contributed by atoms with Crippen LogP contribution in [0.1, 0.15) is 18.1 Å². The maximum absolute atomic E-state index is 13.4. The molecule has 0 aliphatic heterocycles. The standard InChI is InChI=1S/C12H12ClFOS/c1-8-6-12(14)10(7-11(8)13)4-3-5-16-9(2)15/h3-4,6-7H,5H2,1-2H3. The molecule has 16 heavy (non-hydrogen) atoms. The SMILES string of the molecule is CC(=O)SCC=Cc1cc(Cl)c(C)cc1F. The molecular formula is C12H12ClFOS. The average molecular weight is 259 g/mol. The van der Waals surface area contributed by atoms with E-state index in [1.54, 1.807) is 25.1 Å². The molecular weight excluding hydrogens is 247 g/mol. The second kappa shape index (κ2) is 6.06. The number of halogens is 2. The number of benzene rings is 1. The molecule has 0 aromatic heterocycles. The van der Waals surface area contributed by atoms with E-state index in [1.807, 2.05) is 0 Å². The van der Waals surface area contributed by atoms with E-state index < -0.39 is 0 Å². The van der Waals surface area contributed by atoms with Crippen molar-refractivity contribution in [3.05, 3.63) is 40.2 Å². The predicted octanol–water partition coefficient (Wildman–Crippen LogP) is 4.08. The van der Waals surface area contributed by atoms with E-state index in [-0.39, 0.29) is 10.9 Å². The molecule has 0 heterocycles. The first-order chi connectivity index (χ1) is 7.50. The van der Waals surface area contributed by atoms with Gasteiger partial charge < -0.3 is 0 Å². The molecule has 1 aromatic carbocycles. The van der Waals surface area contributed by atoms with Crippen LogP contribution in [0.15, 0.2) is 18.2 Å². The zero-order chi connectivity index (χ0) is 12.1. The van der Waals surface area contributed by atoms with Crippen LogP contribution >= 0.6 is 23.4 Å². The topological polar surface area (TPSA) is 17.1 Å². The zero-order valence-electron chi connectivity index (χ0n) is 9.09. The fourth-order valence-corrected chi connectivity index (χ4v) is 1.73. The number of carbonyl (C=O) groups excluding carboxylic acids is 1. The Morgan fingerprint density at radius 2 is 2.25 bits per heavy atom. The fraction of sp³-hybridized carbons (Fsp3) is 0.250. The minimum absolute atomic E-state index is 0.0482. The Bertz CT molecular complexity index is 429.